The van der Waals surface area contributed by atoms with Gasteiger partial charge in [0.15, 0.2) is 5.65 Å². The van der Waals surface area contributed by atoms with Crippen LogP contribution in [-0.4, -0.2) is 49.1 Å². The van der Waals surface area contributed by atoms with Crippen molar-refractivity contribution in [2.24, 2.45) is 7.05 Å². The average Bonchev–Trinajstić information content (AvgIpc) is 3.39. The molecule has 3 aromatic heterocycles. The van der Waals surface area contributed by atoms with Crippen LogP contribution in [0.4, 0.5) is 5.69 Å². The number of aryl methyl sites for hydroxylation is 2. The number of carboxylic acid groups (broad SMARTS) is 1. The fraction of sp³-hybridized carbons (Fsp3) is 0.474. The van der Waals surface area contributed by atoms with Crippen LogP contribution in [0, 0.1) is 6.92 Å². The summed E-state index contributed by atoms with van der Waals surface area (Å²) in [7, 11) is 1.84. The number of pyridine rings is 1. The van der Waals surface area contributed by atoms with Crippen LogP contribution in [0.3, 0.4) is 0 Å². The molecule has 5 rings (SSSR count). The van der Waals surface area contributed by atoms with Crippen molar-refractivity contribution in [3.8, 4) is 0 Å². The van der Waals surface area contributed by atoms with Crippen molar-refractivity contribution in [3.05, 3.63) is 34.4 Å². The lowest BCUT2D eigenvalue weighted by Crippen LogP contribution is -2.28. The molecule has 0 atom stereocenters. The summed E-state index contributed by atoms with van der Waals surface area (Å²) in [6, 6.07) is 0. The summed E-state index contributed by atoms with van der Waals surface area (Å²) < 4.78 is 1.72. The Morgan fingerprint density at radius 3 is 2.81 bits per heavy atom. The molecule has 2 N–H and O–H groups in total. The molecule has 1 saturated carbocycles. The number of fused-ring (bicyclic) bond motifs is 2. The number of carbonyl (C=O) groups is 1. The zero-order chi connectivity index (χ0) is 18.7. The standard InChI is InChI=1S/C19H22N6O2/c1-10-15-17(13(19(26)27)9-20-18(15)24(2)23-10)25-7-5-12-14(6-8-25)21-22-16(12)11-3-4-11/h9,11H,3-8H2,1-2H3,(H,21,22)(H,26,27). The van der Waals surface area contributed by atoms with Crippen LogP contribution in [0.2, 0.25) is 0 Å². The molecule has 0 amide bonds. The maximum absolute atomic E-state index is 11.9. The second-order valence-corrected chi connectivity index (χ2v) is 7.56. The fourth-order valence-corrected chi connectivity index (χ4v) is 4.30. The van der Waals surface area contributed by atoms with Crippen LogP contribution < -0.4 is 4.90 Å². The molecule has 27 heavy (non-hydrogen) atoms. The van der Waals surface area contributed by atoms with Gasteiger partial charge in [0, 0.05) is 44.4 Å². The molecule has 0 unspecified atom stereocenters. The van der Waals surface area contributed by atoms with Gasteiger partial charge in [-0.25, -0.2) is 9.78 Å². The predicted octanol–water partition coefficient (Wildman–Crippen LogP) is 2.18. The third kappa shape index (κ3) is 2.50. The minimum absolute atomic E-state index is 0.240. The first-order valence-electron chi connectivity index (χ1n) is 9.41. The van der Waals surface area contributed by atoms with E-state index in [2.05, 4.69) is 25.2 Å². The first-order valence-corrected chi connectivity index (χ1v) is 9.41. The highest BCUT2D eigenvalue weighted by molar-refractivity contribution is 6.04. The maximum atomic E-state index is 11.9. The van der Waals surface area contributed by atoms with Crippen LogP contribution in [-0.2, 0) is 19.9 Å². The number of anilines is 1. The van der Waals surface area contributed by atoms with Crippen molar-refractivity contribution >= 4 is 22.7 Å². The number of rotatable bonds is 3. The predicted molar refractivity (Wildman–Crippen MR) is 100 cm³/mol. The highest BCUT2D eigenvalue weighted by atomic mass is 16.4. The van der Waals surface area contributed by atoms with Crippen LogP contribution in [0.15, 0.2) is 6.20 Å². The van der Waals surface area contributed by atoms with Gasteiger partial charge in [0.1, 0.15) is 5.56 Å². The van der Waals surface area contributed by atoms with E-state index < -0.39 is 5.97 Å². The van der Waals surface area contributed by atoms with E-state index in [1.807, 2.05) is 14.0 Å². The quantitative estimate of drug-likeness (QED) is 0.737. The van der Waals surface area contributed by atoms with E-state index in [1.165, 1.54) is 36.0 Å². The second-order valence-electron chi connectivity index (χ2n) is 7.56. The lowest BCUT2D eigenvalue weighted by Gasteiger charge is -2.25. The number of nitrogens with zero attached hydrogens (tertiary/aromatic N) is 5. The van der Waals surface area contributed by atoms with E-state index >= 15 is 0 Å². The molecular formula is C19H22N6O2. The molecule has 3 aromatic rings. The molecule has 1 fully saturated rings. The number of hydrogen-bond acceptors (Lipinski definition) is 5. The number of aromatic nitrogens is 5. The summed E-state index contributed by atoms with van der Waals surface area (Å²) >= 11 is 0. The second kappa shape index (κ2) is 5.80. The number of aromatic carboxylic acids is 1. The lowest BCUT2D eigenvalue weighted by molar-refractivity contribution is 0.0697. The van der Waals surface area contributed by atoms with Crippen molar-refractivity contribution in [3.63, 3.8) is 0 Å². The van der Waals surface area contributed by atoms with E-state index in [0.29, 0.717) is 5.92 Å². The van der Waals surface area contributed by atoms with Gasteiger partial charge in [-0.1, -0.05) is 0 Å². The molecule has 0 bridgehead atoms. The van der Waals surface area contributed by atoms with Gasteiger partial charge in [0.2, 0.25) is 0 Å². The lowest BCUT2D eigenvalue weighted by atomic mass is 10.1. The fourth-order valence-electron chi connectivity index (χ4n) is 4.30. The van der Waals surface area contributed by atoms with Crippen LogP contribution in [0.1, 0.15) is 51.8 Å². The molecule has 140 valence electrons. The van der Waals surface area contributed by atoms with Gasteiger partial charge in [0.05, 0.1) is 22.5 Å². The maximum Gasteiger partial charge on any atom is 0.339 e. The van der Waals surface area contributed by atoms with Gasteiger partial charge in [-0.15, -0.1) is 0 Å². The molecule has 1 aliphatic heterocycles. The number of nitrogens with one attached hydrogen (secondary N) is 1. The topological polar surface area (TPSA) is 99.9 Å². The largest absolute Gasteiger partial charge is 0.478 e. The monoisotopic (exact) mass is 366 g/mol. The Hall–Kier alpha value is -2.90. The van der Waals surface area contributed by atoms with Gasteiger partial charge in [-0.2, -0.15) is 10.2 Å². The first kappa shape index (κ1) is 16.3. The molecular weight excluding hydrogens is 344 g/mol. The van der Waals surface area contributed by atoms with Crippen molar-refractivity contribution in [2.75, 3.05) is 18.0 Å². The Labute approximate surface area is 156 Å². The summed E-state index contributed by atoms with van der Waals surface area (Å²) in [6.07, 6.45) is 5.62. The van der Waals surface area contributed by atoms with Crippen LogP contribution >= 0.6 is 0 Å². The molecule has 1 aliphatic carbocycles. The third-order valence-corrected chi connectivity index (χ3v) is 5.76. The minimum Gasteiger partial charge on any atom is -0.478 e. The van der Waals surface area contributed by atoms with Gasteiger partial charge in [-0.05, 0) is 31.7 Å². The van der Waals surface area contributed by atoms with E-state index in [9.17, 15) is 9.90 Å². The van der Waals surface area contributed by atoms with Crippen LogP contribution in [0.25, 0.3) is 11.0 Å². The zero-order valence-electron chi connectivity index (χ0n) is 15.5. The van der Waals surface area contributed by atoms with Gasteiger partial charge in [-0.3, -0.25) is 9.78 Å². The summed E-state index contributed by atoms with van der Waals surface area (Å²) in [6.45, 7) is 3.42. The molecule has 0 saturated heterocycles. The van der Waals surface area contributed by atoms with Crippen molar-refractivity contribution < 1.29 is 9.90 Å². The molecule has 8 heteroatoms. The Morgan fingerprint density at radius 1 is 1.30 bits per heavy atom. The molecule has 8 nitrogen and oxygen atoms in total. The van der Waals surface area contributed by atoms with Crippen molar-refractivity contribution in [1.29, 1.82) is 0 Å². The summed E-state index contributed by atoms with van der Waals surface area (Å²) in [5.41, 5.74) is 6.27. The Bertz CT molecular complexity index is 1060. The highest BCUT2D eigenvalue weighted by Crippen LogP contribution is 2.42. The van der Waals surface area contributed by atoms with Gasteiger partial charge < -0.3 is 10.0 Å². The molecule has 2 aliphatic rings. The zero-order valence-corrected chi connectivity index (χ0v) is 15.5. The summed E-state index contributed by atoms with van der Waals surface area (Å²) in [4.78, 5) is 18.5. The Balaban J connectivity index is 1.59. The van der Waals surface area contributed by atoms with E-state index in [4.69, 9.17) is 0 Å². The third-order valence-electron chi connectivity index (χ3n) is 5.76. The van der Waals surface area contributed by atoms with Crippen molar-refractivity contribution in [2.45, 2.75) is 38.5 Å². The van der Waals surface area contributed by atoms with E-state index in [1.54, 1.807) is 4.68 Å². The minimum atomic E-state index is -0.953. The van der Waals surface area contributed by atoms with E-state index in [-0.39, 0.29) is 5.56 Å². The summed E-state index contributed by atoms with van der Waals surface area (Å²) in [5, 5.41) is 22.9. The smallest absolute Gasteiger partial charge is 0.339 e. The molecule has 0 aromatic carbocycles. The summed E-state index contributed by atoms with van der Waals surface area (Å²) in [5.74, 6) is -0.343. The van der Waals surface area contributed by atoms with Gasteiger partial charge in [0.25, 0.3) is 0 Å². The number of carboxylic acids is 1. The van der Waals surface area contributed by atoms with E-state index in [0.717, 1.165) is 48.3 Å². The Morgan fingerprint density at radius 2 is 2.07 bits per heavy atom. The highest BCUT2D eigenvalue weighted by Gasteiger charge is 2.32. The number of H-pyrrole nitrogens is 1. The number of aromatic amines is 1. The number of hydrogen-bond donors (Lipinski definition) is 2. The molecule has 0 spiro atoms. The van der Waals surface area contributed by atoms with Crippen molar-refractivity contribution in [1.82, 2.24) is 25.0 Å². The normalized spacial score (nSPS) is 17.2. The Kier molecular flexibility index (Phi) is 3.50. The molecule has 4 heterocycles. The van der Waals surface area contributed by atoms with Crippen LogP contribution in [0.5, 0.6) is 0 Å². The average molecular weight is 366 g/mol. The molecule has 0 radical (unpaired) electrons. The van der Waals surface area contributed by atoms with Gasteiger partial charge >= 0.3 is 5.97 Å². The first-order chi connectivity index (χ1) is 13.0. The SMILES string of the molecule is Cc1nn(C)c2ncc(C(=O)O)c(N3CCc4[nH]nc(C5CC5)c4CC3)c12.